The number of hydrogen-bond acceptors (Lipinski definition) is 4. The van der Waals surface area contributed by atoms with Crippen LogP contribution in [0.4, 0.5) is 0 Å². The third-order valence-corrected chi connectivity index (χ3v) is 4.29. The second-order valence-electron chi connectivity index (χ2n) is 5.22. The summed E-state index contributed by atoms with van der Waals surface area (Å²) in [6.45, 7) is 3.61. The third kappa shape index (κ3) is 2.40. The van der Waals surface area contributed by atoms with Gasteiger partial charge in [-0.2, -0.15) is 0 Å². The van der Waals surface area contributed by atoms with Crippen LogP contribution in [0.25, 0.3) is 0 Å². The first-order valence-electron chi connectivity index (χ1n) is 5.96. The Hall–Kier alpha value is -1.19. The van der Waals surface area contributed by atoms with Crippen LogP contribution in [0.5, 0.6) is 0 Å². The van der Waals surface area contributed by atoms with E-state index in [9.17, 15) is 14.4 Å². The summed E-state index contributed by atoms with van der Waals surface area (Å²) < 4.78 is 4.58. The molecule has 0 saturated heterocycles. The monoisotopic (exact) mass is 240 g/mol. The SMILES string of the molecule is COC(=O)CC[C@]1(C)C(=O)CCC[C@]1(C)C=O. The fraction of sp³-hybridized carbons (Fsp3) is 0.769. The molecule has 0 radical (unpaired) electrons. The molecule has 1 aliphatic rings. The lowest BCUT2D eigenvalue weighted by atomic mass is 9.56. The molecule has 1 saturated carbocycles. The number of carbonyl (C=O) groups excluding carboxylic acids is 3. The lowest BCUT2D eigenvalue weighted by molar-refractivity contribution is -0.149. The zero-order chi connectivity index (χ0) is 13.1. The van der Waals surface area contributed by atoms with Crippen molar-refractivity contribution < 1.29 is 19.1 Å². The van der Waals surface area contributed by atoms with Crippen LogP contribution in [0.1, 0.15) is 46.0 Å². The minimum atomic E-state index is -0.735. The summed E-state index contributed by atoms with van der Waals surface area (Å²) >= 11 is 0. The zero-order valence-corrected chi connectivity index (χ0v) is 10.7. The maximum Gasteiger partial charge on any atom is 0.305 e. The van der Waals surface area contributed by atoms with Gasteiger partial charge in [0.1, 0.15) is 12.1 Å². The number of esters is 1. The molecule has 0 spiro atoms. The molecule has 0 heterocycles. The molecule has 0 amide bonds. The first kappa shape index (κ1) is 13.9. The van der Waals surface area contributed by atoms with Gasteiger partial charge in [0.2, 0.25) is 0 Å². The van der Waals surface area contributed by atoms with Crippen LogP contribution in [0, 0.1) is 10.8 Å². The van der Waals surface area contributed by atoms with Gasteiger partial charge >= 0.3 is 5.97 Å². The second kappa shape index (κ2) is 4.98. The molecule has 0 bridgehead atoms. The smallest absolute Gasteiger partial charge is 0.305 e. The fourth-order valence-corrected chi connectivity index (χ4v) is 2.55. The molecule has 0 aliphatic heterocycles. The van der Waals surface area contributed by atoms with Gasteiger partial charge in [-0.25, -0.2) is 0 Å². The van der Waals surface area contributed by atoms with Crippen molar-refractivity contribution in [3.63, 3.8) is 0 Å². The van der Waals surface area contributed by atoms with E-state index in [1.165, 1.54) is 7.11 Å². The van der Waals surface area contributed by atoms with Crippen molar-refractivity contribution in [3.05, 3.63) is 0 Å². The normalized spacial score (nSPS) is 33.2. The van der Waals surface area contributed by atoms with Crippen molar-refractivity contribution in [2.75, 3.05) is 7.11 Å². The van der Waals surface area contributed by atoms with Crippen molar-refractivity contribution >= 4 is 18.0 Å². The molecule has 0 N–H and O–H groups in total. The Morgan fingerprint density at radius 3 is 2.65 bits per heavy atom. The van der Waals surface area contributed by atoms with Crippen molar-refractivity contribution in [1.82, 2.24) is 0 Å². The zero-order valence-electron chi connectivity index (χ0n) is 10.7. The molecule has 2 atom stereocenters. The van der Waals surface area contributed by atoms with Crippen LogP contribution < -0.4 is 0 Å². The molecule has 1 aliphatic carbocycles. The maximum atomic E-state index is 12.1. The number of methoxy groups -OCH3 is 1. The van der Waals surface area contributed by atoms with E-state index in [1.54, 1.807) is 6.92 Å². The number of rotatable bonds is 4. The molecule has 17 heavy (non-hydrogen) atoms. The van der Waals surface area contributed by atoms with Crippen molar-refractivity contribution in [1.29, 1.82) is 0 Å². The van der Waals surface area contributed by atoms with Gasteiger partial charge in [-0.15, -0.1) is 0 Å². The Labute approximate surface area is 102 Å². The summed E-state index contributed by atoms with van der Waals surface area (Å²) in [6.07, 6.45) is 3.40. The lowest BCUT2D eigenvalue weighted by Crippen LogP contribution is -2.48. The number of aldehydes is 1. The van der Waals surface area contributed by atoms with Crippen LogP contribution in [-0.2, 0) is 19.1 Å². The van der Waals surface area contributed by atoms with E-state index in [4.69, 9.17) is 0 Å². The summed E-state index contributed by atoms with van der Waals surface area (Å²) in [4.78, 5) is 34.5. The third-order valence-electron chi connectivity index (χ3n) is 4.29. The number of carbonyl (C=O) groups is 3. The van der Waals surface area contributed by atoms with Gasteiger partial charge in [0.25, 0.3) is 0 Å². The van der Waals surface area contributed by atoms with Gasteiger partial charge in [0.15, 0.2) is 0 Å². The summed E-state index contributed by atoms with van der Waals surface area (Å²) in [5.41, 5.74) is -1.39. The first-order chi connectivity index (χ1) is 7.89. The molecular formula is C13H20O4. The first-order valence-corrected chi connectivity index (χ1v) is 5.96. The molecular weight excluding hydrogens is 220 g/mol. The van der Waals surface area contributed by atoms with Gasteiger partial charge in [-0.3, -0.25) is 9.59 Å². The molecule has 4 heteroatoms. The van der Waals surface area contributed by atoms with Gasteiger partial charge in [-0.05, 0) is 19.3 Å². The van der Waals surface area contributed by atoms with Gasteiger partial charge in [0, 0.05) is 23.7 Å². The van der Waals surface area contributed by atoms with E-state index < -0.39 is 10.8 Å². The topological polar surface area (TPSA) is 60.4 Å². The van der Waals surface area contributed by atoms with Crippen LogP contribution >= 0.6 is 0 Å². The summed E-state index contributed by atoms with van der Waals surface area (Å²) in [7, 11) is 1.33. The molecule has 1 rings (SSSR count). The van der Waals surface area contributed by atoms with Crippen molar-refractivity contribution in [2.45, 2.75) is 46.0 Å². The fourth-order valence-electron chi connectivity index (χ4n) is 2.55. The summed E-state index contributed by atoms with van der Waals surface area (Å²) in [5, 5.41) is 0. The maximum absolute atomic E-state index is 12.1. The minimum absolute atomic E-state index is 0.0854. The molecule has 0 unspecified atom stereocenters. The largest absolute Gasteiger partial charge is 0.469 e. The van der Waals surface area contributed by atoms with Gasteiger partial charge in [0.05, 0.1) is 7.11 Å². The van der Waals surface area contributed by atoms with Crippen LogP contribution in [-0.4, -0.2) is 25.1 Å². The Kier molecular flexibility index (Phi) is 4.07. The highest BCUT2D eigenvalue weighted by molar-refractivity contribution is 5.90. The average molecular weight is 240 g/mol. The van der Waals surface area contributed by atoms with Gasteiger partial charge < -0.3 is 9.53 Å². The Balaban J connectivity index is 2.89. The average Bonchev–Trinajstić information content (AvgIpc) is 2.33. The highest BCUT2D eigenvalue weighted by Crippen LogP contribution is 2.49. The number of Topliss-reactive ketones (excluding diaryl/α,β-unsaturated/α-hetero) is 1. The standard InChI is InChI=1S/C13H20O4/c1-12(9-14)7-4-5-10(15)13(12,2)8-6-11(16)17-3/h9H,4-8H2,1-3H3/t12-,13-/m1/s1. The molecule has 0 aromatic rings. The van der Waals surface area contributed by atoms with E-state index >= 15 is 0 Å². The van der Waals surface area contributed by atoms with E-state index in [1.807, 2.05) is 6.92 Å². The molecule has 1 fully saturated rings. The number of ketones is 1. The van der Waals surface area contributed by atoms with Crippen LogP contribution in [0.3, 0.4) is 0 Å². The van der Waals surface area contributed by atoms with Crippen LogP contribution in [0.2, 0.25) is 0 Å². The Bertz CT molecular complexity index is 336. The molecule has 4 nitrogen and oxygen atoms in total. The van der Waals surface area contributed by atoms with Crippen molar-refractivity contribution in [3.8, 4) is 0 Å². The van der Waals surface area contributed by atoms with E-state index in [0.29, 0.717) is 19.3 Å². The highest BCUT2D eigenvalue weighted by Gasteiger charge is 2.51. The van der Waals surface area contributed by atoms with Crippen molar-refractivity contribution in [2.24, 2.45) is 10.8 Å². The van der Waals surface area contributed by atoms with E-state index in [0.717, 1.165) is 12.7 Å². The quantitative estimate of drug-likeness (QED) is 0.556. The Morgan fingerprint density at radius 1 is 1.47 bits per heavy atom. The molecule has 0 aromatic carbocycles. The summed E-state index contributed by atoms with van der Waals surface area (Å²) in [5.74, 6) is -0.250. The minimum Gasteiger partial charge on any atom is -0.469 e. The molecule has 96 valence electrons. The van der Waals surface area contributed by atoms with E-state index in [-0.39, 0.29) is 18.2 Å². The number of ether oxygens (including phenoxy) is 1. The summed E-state index contributed by atoms with van der Waals surface area (Å²) in [6, 6.07) is 0. The highest BCUT2D eigenvalue weighted by atomic mass is 16.5. The Morgan fingerprint density at radius 2 is 2.12 bits per heavy atom. The second-order valence-corrected chi connectivity index (χ2v) is 5.22. The van der Waals surface area contributed by atoms with Gasteiger partial charge in [-0.1, -0.05) is 13.8 Å². The predicted molar refractivity (Wildman–Crippen MR) is 62.4 cm³/mol. The predicted octanol–water partition coefficient (Wildman–Crippen LogP) is 1.90. The molecule has 0 aromatic heterocycles. The lowest BCUT2D eigenvalue weighted by Gasteiger charge is -2.45. The van der Waals surface area contributed by atoms with Crippen LogP contribution in [0.15, 0.2) is 0 Å². The number of hydrogen-bond donors (Lipinski definition) is 0. The van der Waals surface area contributed by atoms with E-state index in [2.05, 4.69) is 4.74 Å².